The molecule has 2 atom stereocenters. The van der Waals surface area contributed by atoms with Gasteiger partial charge in [0, 0.05) is 19.5 Å². The number of carbonyl (C=O) groups is 4. The predicted molar refractivity (Wildman–Crippen MR) is 77.4 cm³/mol. The lowest BCUT2D eigenvalue weighted by atomic mass is 9.94. The van der Waals surface area contributed by atoms with E-state index in [1.165, 1.54) is 9.80 Å². The Morgan fingerprint density at radius 1 is 1.22 bits per heavy atom. The highest BCUT2D eigenvalue weighted by atomic mass is 16.4. The standard InChI is InChI=1S/C14H21N3O6/c15-8-10(18)17-6-1-4-14(17)5-7-16(13(14)23)9(12(21)22)2-3-11(19)20/h9H,1-8,15H2,(H,19,20)(H,21,22)/t9-,14?/m1/s1. The van der Waals surface area contributed by atoms with Gasteiger partial charge in [0.05, 0.1) is 6.54 Å². The van der Waals surface area contributed by atoms with Crippen molar-refractivity contribution in [3.63, 3.8) is 0 Å². The predicted octanol–water partition coefficient (Wildman–Crippen LogP) is -1.14. The van der Waals surface area contributed by atoms with Crippen LogP contribution in [0.15, 0.2) is 0 Å². The van der Waals surface area contributed by atoms with Crippen molar-refractivity contribution in [1.82, 2.24) is 9.80 Å². The Kier molecular flexibility index (Phi) is 4.88. The minimum Gasteiger partial charge on any atom is -0.481 e. The van der Waals surface area contributed by atoms with Crippen molar-refractivity contribution >= 4 is 23.8 Å². The number of nitrogens with zero attached hydrogens (tertiary/aromatic N) is 2. The molecule has 0 aromatic rings. The summed E-state index contributed by atoms with van der Waals surface area (Å²) in [6.07, 6.45) is 1.02. The quantitative estimate of drug-likeness (QED) is 0.559. The molecule has 23 heavy (non-hydrogen) atoms. The van der Waals surface area contributed by atoms with E-state index < -0.39 is 29.4 Å². The minimum absolute atomic E-state index is 0.155. The zero-order chi connectivity index (χ0) is 17.2. The van der Waals surface area contributed by atoms with Crippen molar-refractivity contribution in [2.45, 2.75) is 43.7 Å². The van der Waals surface area contributed by atoms with Gasteiger partial charge in [0.15, 0.2) is 0 Å². The number of hydrogen-bond acceptors (Lipinski definition) is 5. The van der Waals surface area contributed by atoms with E-state index in [2.05, 4.69) is 0 Å². The maximum Gasteiger partial charge on any atom is 0.326 e. The highest BCUT2D eigenvalue weighted by molar-refractivity contribution is 5.96. The van der Waals surface area contributed by atoms with Crippen molar-refractivity contribution < 1.29 is 29.4 Å². The lowest BCUT2D eigenvalue weighted by molar-refractivity contribution is -0.153. The largest absolute Gasteiger partial charge is 0.481 e. The van der Waals surface area contributed by atoms with Gasteiger partial charge in [-0.25, -0.2) is 4.79 Å². The van der Waals surface area contributed by atoms with E-state index >= 15 is 0 Å². The summed E-state index contributed by atoms with van der Waals surface area (Å²) in [5.41, 5.74) is 4.39. The first-order chi connectivity index (χ1) is 10.8. The smallest absolute Gasteiger partial charge is 0.326 e. The van der Waals surface area contributed by atoms with Gasteiger partial charge in [-0.15, -0.1) is 0 Å². The van der Waals surface area contributed by atoms with Gasteiger partial charge in [-0.3, -0.25) is 14.4 Å². The van der Waals surface area contributed by atoms with Crippen LogP contribution >= 0.6 is 0 Å². The maximum absolute atomic E-state index is 12.8. The Morgan fingerprint density at radius 3 is 2.48 bits per heavy atom. The SMILES string of the molecule is NCC(=O)N1CCCC12CCN([C@H](CCC(=O)O)C(=O)O)C2=O. The molecule has 0 aliphatic carbocycles. The summed E-state index contributed by atoms with van der Waals surface area (Å²) in [4.78, 5) is 49.6. The summed E-state index contributed by atoms with van der Waals surface area (Å²) >= 11 is 0. The summed E-state index contributed by atoms with van der Waals surface area (Å²) in [7, 11) is 0. The first-order valence-corrected chi connectivity index (χ1v) is 7.59. The van der Waals surface area contributed by atoms with Gasteiger partial charge in [0.2, 0.25) is 11.8 Å². The lowest BCUT2D eigenvalue weighted by Crippen LogP contribution is -2.56. The number of carboxylic acids is 2. The molecule has 0 aromatic heterocycles. The molecule has 2 saturated heterocycles. The third-order valence-electron chi connectivity index (χ3n) is 4.68. The first-order valence-electron chi connectivity index (χ1n) is 7.59. The number of rotatable bonds is 6. The van der Waals surface area contributed by atoms with Crippen LogP contribution in [0.1, 0.15) is 32.1 Å². The van der Waals surface area contributed by atoms with Gasteiger partial charge in [-0.05, 0) is 25.7 Å². The Bertz CT molecular complexity index is 537. The number of carbonyl (C=O) groups excluding carboxylic acids is 2. The van der Waals surface area contributed by atoms with E-state index in [0.717, 1.165) is 0 Å². The normalized spacial score (nSPS) is 25.2. The lowest BCUT2D eigenvalue weighted by Gasteiger charge is -2.34. The molecule has 1 spiro atoms. The summed E-state index contributed by atoms with van der Waals surface area (Å²) in [5.74, 6) is -3.07. The molecule has 4 N–H and O–H groups in total. The fraction of sp³-hybridized carbons (Fsp3) is 0.714. The van der Waals surface area contributed by atoms with Crippen LogP contribution in [0.25, 0.3) is 0 Å². The van der Waals surface area contributed by atoms with Gasteiger partial charge < -0.3 is 25.7 Å². The molecular weight excluding hydrogens is 306 g/mol. The molecule has 0 radical (unpaired) electrons. The molecule has 2 heterocycles. The molecule has 0 saturated carbocycles. The monoisotopic (exact) mass is 327 g/mol. The highest BCUT2D eigenvalue weighted by Gasteiger charge is 2.56. The van der Waals surface area contributed by atoms with Crippen molar-refractivity contribution in [3.8, 4) is 0 Å². The number of aliphatic carboxylic acids is 2. The van der Waals surface area contributed by atoms with Crippen molar-refractivity contribution in [1.29, 1.82) is 0 Å². The second-order valence-electron chi connectivity index (χ2n) is 5.92. The number of hydrogen-bond donors (Lipinski definition) is 3. The fourth-order valence-corrected chi connectivity index (χ4v) is 3.59. The topological polar surface area (TPSA) is 141 Å². The van der Waals surface area contributed by atoms with Gasteiger partial charge in [-0.1, -0.05) is 0 Å². The van der Waals surface area contributed by atoms with E-state index in [9.17, 15) is 24.3 Å². The fourth-order valence-electron chi connectivity index (χ4n) is 3.59. The zero-order valence-corrected chi connectivity index (χ0v) is 12.7. The van der Waals surface area contributed by atoms with Gasteiger partial charge in [0.1, 0.15) is 11.6 Å². The second kappa shape index (κ2) is 6.53. The van der Waals surface area contributed by atoms with Crippen LogP contribution in [0.5, 0.6) is 0 Å². The molecule has 1 unspecified atom stereocenters. The summed E-state index contributed by atoms with van der Waals surface area (Å²) in [6, 6.07) is -1.19. The minimum atomic E-state index is -1.23. The average Bonchev–Trinajstić information content (AvgIpc) is 3.06. The van der Waals surface area contributed by atoms with E-state index in [1.807, 2.05) is 0 Å². The molecule has 2 aliphatic rings. The van der Waals surface area contributed by atoms with Crippen LogP contribution < -0.4 is 5.73 Å². The van der Waals surface area contributed by atoms with E-state index in [0.29, 0.717) is 25.8 Å². The van der Waals surface area contributed by atoms with Crippen LogP contribution in [0.3, 0.4) is 0 Å². The summed E-state index contributed by atoms with van der Waals surface area (Å²) in [5, 5.41) is 18.1. The Hall–Kier alpha value is -2.16. The first kappa shape index (κ1) is 17.2. The molecular formula is C14H21N3O6. The van der Waals surface area contributed by atoms with E-state index in [1.54, 1.807) is 0 Å². The number of nitrogens with two attached hydrogens (primary N) is 1. The van der Waals surface area contributed by atoms with Gasteiger partial charge >= 0.3 is 11.9 Å². The molecule has 128 valence electrons. The Balaban J connectivity index is 2.20. The van der Waals surface area contributed by atoms with Crippen LogP contribution in [0.2, 0.25) is 0 Å². The van der Waals surface area contributed by atoms with E-state index in [-0.39, 0.29) is 31.8 Å². The number of carboxylic acid groups (broad SMARTS) is 2. The number of amides is 2. The molecule has 2 amide bonds. The number of likely N-dealkylation sites (tertiary alicyclic amines) is 2. The van der Waals surface area contributed by atoms with Crippen LogP contribution in [0.4, 0.5) is 0 Å². The summed E-state index contributed by atoms with van der Waals surface area (Å²) < 4.78 is 0. The van der Waals surface area contributed by atoms with Gasteiger partial charge in [-0.2, -0.15) is 0 Å². The zero-order valence-electron chi connectivity index (χ0n) is 12.7. The molecule has 0 bridgehead atoms. The third-order valence-corrected chi connectivity index (χ3v) is 4.68. The van der Waals surface area contributed by atoms with Crippen LogP contribution in [-0.4, -0.2) is 75.0 Å². The Morgan fingerprint density at radius 2 is 1.91 bits per heavy atom. The third kappa shape index (κ3) is 3.00. The van der Waals surface area contributed by atoms with Gasteiger partial charge in [0.25, 0.3) is 0 Å². The summed E-state index contributed by atoms with van der Waals surface area (Å²) in [6.45, 7) is 0.433. The Labute approximate surface area is 133 Å². The van der Waals surface area contributed by atoms with Crippen molar-refractivity contribution in [2.75, 3.05) is 19.6 Å². The van der Waals surface area contributed by atoms with Crippen LogP contribution in [0, 0.1) is 0 Å². The van der Waals surface area contributed by atoms with E-state index in [4.69, 9.17) is 10.8 Å². The van der Waals surface area contributed by atoms with Crippen LogP contribution in [-0.2, 0) is 19.2 Å². The molecule has 2 rings (SSSR count). The van der Waals surface area contributed by atoms with Crippen molar-refractivity contribution in [3.05, 3.63) is 0 Å². The molecule has 9 heteroatoms. The molecule has 2 aliphatic heterocycles. The molecule has 2 fully saturated rings. The highest BCUT2D eigenvalue weighted by Crippen LogP contribution is 2.39. The second-order valence-corrected chi connectivity index (χ2v) is 5.92. The maximum atomic E-state index is 12.8. The van der Waals surface area contributed by atoms with Crippen molar-refractivity contribution in [2.24, 2.45) is 5.73 Å². The molecule has 9 nitrogen and oxygen atoms in total. The average molecular weight is 327 g/mol. The molecule has 0 aromatic carbocycles.